The fraction of sp³-hybridized carbons (Fsp3) is 0.273. The molecule has 1 aromatic heterocycles. The van der Waals surface area contributed by atoms with Gasteiger partial charge in [-0.05, 0) is 24.1 Å². The lowest BCUT2D eigenvalue weighted by molar-refractivity contribution is 0.249. The van der Waals surface area contributed by atoms with Gasteiger partial charge in [-0.1, -0.05) is 6.07 Å². The van der Waals surface area contributed by atoms with Gasteiger partial charge in [0.1, 0.15) is 0 Å². The molecule has 0 aliphatic rings. The molecule has 0 unspecified atom stereocenters. The number of imidazole rings is 1. The van der Waals surface area contributed by atoms with Gasteiger partial charge < -0.3 is 15.6 Å². The number of carbonyl (C=O) groups is 1. The predicted molar refractivity (Wildman–Crippen MR) is 62.0 cm³/mol. The Bertz CT molecular complexity index is 518. The molecule has 0 atom stereocenters. The molecule has 0 bridgehead atoms. The second-order valence-electron chi connectivity index (χ2n) is 3.72. The van der Waals surface area contributed by atoms with E-state index in [2.05, 4.69) is 10.3 Å². The maximum Gasteiger partial charge on any atom is 0.312 e. The summed E-state index contributed by atoms with van der Waals surface area (Å²) in [5, 5.41) is 2.56. The van der Waals surface area contributed by atoms with Crippen LogP contribution >= 0.6 is 0 Å². The summed E-state index contributed by atoms with van der Waals surface area (Å²) in [6.45, 7) is 0.549. The van der Waals surface area contributed by atoms with E-state index >= 15 is 0 Å². The molecule has 2 amide bonds. The summed E-state index contributed by atoms with van der Waals surface area (Å²) in [6, 6.07) is 5.60. The van der Waals surface area contributed by atoms with E-state index in [4.69, 9.17) is 5.73 Å². The zero-order valence-electron chi connectivity index (χ0n) is 9.10. The van der Waals surface area contributed by atoms with Crippen molar-refractivity contribution < 1.29 is 4.79 Å². The third kappa shape index (κ3) is 2.13. The van der Waals surface area contributed by atoms with Crippen LogP contribution in [0.5, 0.6) is 0 Å². The molecule has 0 spiro atoms. The summed E-state index contributed by atoms with van der Waals surface area (Å²) in [5.41, 5.74) is 8.20. The normalized spacial score (nSPS) is 10.6. The standard InChI is InChI=1S/C11H14N4O/c1-15-7-14-9-6-8(2-3-10(9)15)4-5-13-11(12)16/h2-3,6-7H,4-5H2,1H3,(H3,12,13,16). The van der Waals surface area contributed by atoms with Crippen molar-refractivity contribution >= 4 is 17.1 Å². The summed E-state index contributed by atoms with van der Waals surface area (Å²) in [6.07, 6.45) is 2.55. The van der Waals surface area contributed by atoms with E-state index in [1.165, 1.54) is 0 Å². The Balaban J connectivity index is 2.11. The number of nitrogens with one attached hydrogen (secondary N) is 1. The highest BCUT2D eigenvalue weighted by molar-refractivity contribution is 5.76. The number of hydrogen-bond acceptors (Lipinski definition) is 2. The molecule has 1 heterocycles. The van der Waals surface area contributed by atoms with Crippen LogP contribution < -0.4 is 11.1 Å². The Labute approximate surface area is 93.3 Å². The first-order chi connectivity index (χ1) is 7.66. The van der Waals surface area contributed by atoms with Crippen molar-refractivity contribution in [1.82, 2.24) is 14.9 Å². The maximum atomic E-state index is 10.5. The van der Waals surface area contributed by atoms with Crippen LogP contribution in [-0.4, -0.2) is 22.1 Å². The molecule has 5 heteroatoms. The van der Waals surface area contributed by atoms with Gasteiger partial charge in [-0.15, -0.1) is 0 Å². The van der Waals surface area contributed by atoms with E-state index < -0.39 is 6.03 Å². The molecule has 1 aromatic carbocycles. The van der Waals surface area contributed by atoms with Crippen molar-refractivity contribution in [3.63, 3.8) is 0 Å². The molecule has 0 saturated heterocycles. The van der Waals surface area contributed by atoms with E-state index in [1.54, 1.807) is 6.33 Å². The molecule has 16 heavy (non-hydrogen) atoms. The highest BCUT2D eigenvalue weighted by atomic mass is 16.2. The largest absolute Gasteiger partial charge is 0.352 e. The average molecular weight is 218 g/mol. The number of benzene rings is 1. The molecule has 5 nitrogen and oxygen atoms in total. The number of nitrogens with two attached hydrogens (primary N) is 1. The van der Waals surface area contributed by atoms with Crippen molar-refractivity contribution in [1.29, 1.82) is 0 Å². The Kier molecular flexibility index (Phi) is 2.76. The average Bonchev–Trinajstić information content (AvgIpc) is 2.60. The number of fused-ring (bicyclic) bond motifs is 1. The fourth-order valence-corrected chi connectivity index (χ4v) is 1.67. The topological polar surface area (TPSA) is 72.9 Å². The number of aromatic nitrogens is 2. The van der Waals surface area contributed by atoms with Gasteiger partial charge in [0.2, 0.25) is 0 Å². The minimum absolute atomic E-state index is 0.487. The van der Waals surface area contributed by atoms with Crippen molar-refractivity contribution in [3.8, 4) is 0 Å². The van der Waals surface area contributed by atoms with Crippen molar-refractivity contribution in [2.24, 2.45) is 12.8 Å². The fourth-order valence-electron chi connectivity index (χ4n) is 1.67. The van der Waals surface area contributed by atoms with Gasteiger partial charge in [0, 0.05) is 13.6 Å². The van der Waals surface area contributed by atoms with Crippen LogP contribution in [0.4, 0.5) is 4.79 Å². The molecule has 2 aromatic rings. The van der Waals surface area contributed by atoms with Gasteiger partial charge in [0.15, 0.2) is 0 Å². The smallest absolute Gasteiger partial charge is 0.312 e. The maximum absolute atomic E-state index is 10.5. The first kappa shape index (κ1) is 10.5. The Hall–Kier alpha value is -2.04. The molecular weight excluding hydrogens is 204 g/mol. The number of primary amides is 1. The second kappa shape index (κ2) is 4.22. The van der Waals surface area contributed by atoms with Crippen LogP contribution in [0.25, 0.3) is 11.0 Å². The number of nitrogens with zero attached hydrogens (tertiary/aromatic N) is 2. The van der Waals surface area contributed by atoms with Gasteiger partial charge in [-0.25, -0.2) is 9.78 Å². The van der Waals surface area contributed by atoms with Gasteiger partial charge in [0.05, 0.1) is 17.4 Å². The number of urea groups is 1. The molecule has 0 fully saturated rings. The SMILES string of the molecule is Cn1cnc2cc(CCNC(N)=O)ccc21. The van der Waals surface area contributed by atoms with E-state index in [0.717, 1.165) is 23.0 Å². The summed E-state index contributed by atoms with van der Waals surface area (Å²) in [7, 11) is 1.96. The summed E-state index contributed by atoms with van der Waals surface area (Å²) < 4.78 is 1.97. The number of carbonyl (C=O) groups excluding carboxylic acids is 1. The lowest BCUT2D eigenvalue weighted by atomic mass is 10.1. The first-order valence-electron chi connectivity index (χ1n) is 5.10. The number of aryl methyl sites for hydroxylation is 1. The van der Waals surface area contributed by atoms with Crippen LogP contribution in [0.3, 0.4) is 0 Å². The number of rotatable bonds is 3. The van der Waals surface area contributed by atoms with Gasteiger partial charge in [-0.3, -0.25) is 0 Å². The number of hydrogen-bond donors (Lipinski definition) is 2. The predicted octanol–water partition coefficient (Wildman–Crippen LogP) is 0.784. The molecular formula is C11H14N4O. The van der Waals surface area contributed by atoms with E-state index in [9.17, 15) is 4.79 Å². The van der Waals surface area contributed by atoms with E-state index in [-0.39, 0.29) is 0 Å². The number of amides is 2. The van der Waals surface area contributed by atoms with Crippen molar-refractivity contribution in [2.45, 2.75) is 6.42 Å². The quantitative estimate of drug-likeness (QED) is 0.799. The molecule has 0 radical (unpaired) electrons. The summed E-state index contributed by atoms with van der Waals surface area (Å²) in [5.74, 6) is 0. The van der Waals surface area contributed by atoms with E-state index in [0.29, 0.717) is 6.54 Å². The van der Waals surface area contributed by atoms with Crippen LogP contribution in [0.1, 0.15) is 5.56 Å². The monoisotopic (exact) mass is 218 g/mol. The van der Waals surface area contributed by atoms with Crippen LogP contribution in [0.15, 0.2) is 24.5 Å². The lowest BCUT2D eigenvalue weighted by Gasteiger charge is -2.02. The third-order valence-electron chi connectivity index (χ3n) is 2.50. The highest BCUT2D eigenvalue weighted by Crippen LogP contribution is 2.13. The highest BCUT2D eigenvalue weighted by Gasteiger charge is 2.01. The summed E-state index contributed by atoms with van der Waals surface area (Å²) in [4.78, 5) is 14.8. The third-order valence-corrected chi connectivity index (χ3v) is 2.50. The zero-order valence-corrected chi connectivity index (χ0v) is 9.10. The summed E-state index contributed by atoms with van der Waals surface area (Å²) >= 11 is 0. The Morgan fingerprint density at radius 3 is 3.12 bits per heavy atom. The van der Waals surface area contributed by atoms with Crippen LogP contribution in [0, 0.1) is 0 Å². The second-order valence-corrected chi connectivity index (χ2v) is 3.72. The first-order valence-corrected chi connectivity index (χ1v) is 5.10. The van der Waals surface area contributed by atoms with Crippen molar-refractivity contribution in [3.05, 3.63) is 30.1 Å². The van der Waals surface area contributed by atoms with Gasteiger partial charge >= 0.3 is 6.03 Å². The lowest BCUT2D eigenvalue weighted by Crippen LogP contribution is -2.30. The van der Waals surface area contributed by atoms with E-state index in [1.807, 2.05) is 29.8 Å². The molecule has 84 valence electrons. The Morgan fingerprint density at radius 1 is 1.56 bits per heavy atom. The van der Waals surface area contributed by atoms with Gasteiger partial charge in [0.25, 0.3) is 0 Å². The van der Waals surface area contributed by atoms with Crippen LogP contribution in [-0.2, 0) is 13.5 Å². The Morgan fingerprint density at radius 2 is 2.38 bits per heavy atom. The van der Waals surface area contributed by atoms with Crippen LogP contribution in [0.2, 0.25) is 0 Å². The minimum Gasteiger partial charge on any atom is -0.352 e. The molecule has 3 N–H and O–H groups in total. The molecule has 0 aliphatic heterocycles. The van der Waals surface area contributed by atoms with Gasteiger partial charge in [-0.2, -0.15) is 0 Å². The molecule has 0 aliphatic carbocycles. The molecule has 2 rings (SSSR count). The molecule has 0 saturated carbocycles. The zero-order chi connectivity index (χ0) is 11.5. The minimum atomic E-state index is -0.487. The van der Waals surface area contributed by atoms with Crippen molar-refractivity contribution in [2.75, 3.05) is 6.54 Å².